The lowest BCUT2D eigenvalue weighted by atomic mass is 10.2. The fourth-order valence-corrected chi connectivity index (χ4v) is 1.95. The lowest BCUT2D eigenvalue weighted by Gasteiger charge is -2.23. The average Bonchev–Trinajstić information content (AvgIpc) is 2.55. The number of aliphatic hydroxyl groups is 2. The highest BCUT2D eigenvalue weighted by atomic mass is 16.3. The molecule has 1 aromatic rings. The van der Waals surface area contributed by atoms with Gasteiger partial charge in [-0.2, -0.15) is 5.10 Å². The van der Waals surface area contributed by atoms with Crippen LogP contribution in [0.15, 0.2) is 0 Å². The first-order chi connectivity index (χ1) is 8.15. The maximum Gasteiger partial charge on any atom is 0.150 e. The number of anilines is 2. The van der Waals surface area contributed by atoms with Crippen molar-refractivity contribution in [2.24, 2.45) is 7.05 Å². The standard InChI is InChI=1S/C11H22N4O2/c1-3-4-9-10(12)11(14(2)13-9)15(5-7-16)6-8-17/h16-17H,3-8,12H2,1-2H3. The zero-order chi connectivity index (χ0) is 12.8. The molecule has 0 aliphatic heterocycles. The van der Waals surface area contributed by atoms with Gasteiger partial charge in [-0.05, 0) is 6.42 Å². The highest BCUT2D eigenvalue weighted by Crippen LogP contribution is 2.26. The molecule has 98 valence electrons. The van der Waals surface area contributed by atoms with Gasteiger partial charge in [-0.3, -0.25) is 4.68 Å². The Morgan fingerprint density at radius 2 is 1.88 bits per heavy atom. The Labute approximate surface area is 102 Å². The first-order valence-corrected chi connectivity index (χ1v) is 5.93. The molecule has 17 heavy (non-hydrogen) atoms. The molecule has 0 radical (unpaired) electrons. The second-order valence-electron chi connectivity index (χ2n) is 3.99. The number of rotatable bonds is 7. The van der Waals surface area contributed by atoms with Gasteiger partial charge in [-0.15, -0.1) is 0 Å². The van der Waals surface area contributed by atoms with E-state index in [1.54, 1.807) is 4.68 Å². The van der Waals surface area contributed by atoms with Crippen molar-refractivity contribution in [1.82, 2.24) is 9.78 Å². The molecule has 0 fully saturated rings. The molecule has 0 spiro atoms. The van der Waals surface area contributed by atoms with E-state index in [0.717, 1.165) is 24.4 Å². The lowest BCUT2D eigenvalue weighted by molar-refractivity contribution is 0.280. The maximum atomic E-state index is 9.02. The van der Waals surface area contributed by atoms with E-state index in [1.165, 1.54) is 0 Å². The number of hydrogen-bond acceptors (Lipinski definition) is 5. The molecule has 0 aliphatic carbocycles. The highest BCUT2D eigenvalue weighted by Gasteiger charge is 2.18. The predicted octanol–water partition coefficient (Wildman–Crippen LogP) is -0.254. The van der Waals surface area contributed by atoms with Crippen LogP contribution >= 0.6 is 0 Å². The number of hydrogen-bond donors (Lipinski definition) is 3. The SMILES string of the molecule is CCCc1nn(C)c(N(CCO)CCO)c1N. The van der Waals surface area contributed by atoms with E-state index in [9.17, 15) is 0 Å². The van der Waals surface area contributed by atoms with Crippen LogP contribution in [-0.4, -0.2) is 46.3 Å². The third-order valence-electron chi connectivity index (χ3n) is 2.66. The Hall–Kier alpha value is -1.27. The largest absolute Gasteiger partial charge is 0.395 e. The van der Waals surface area contributed by atoms with Crippen LogP contribution in [0.4, 0.5) is 11.5 Å². The Balaban J connectivity index is 3.00. The first kappa shape index (κ1) is 13.8. The van der Waals surface area contributed by atoms with Gasteiger partial charge in [0, 0.05) is 20.1 Å². The van der Waals surface area contributed by atoms with Crippen molar-refractivity contribution in [3.8, 4) is 0 Å². The van der Waals surface area contributed by atoms with Crippen LogP contribution in [0.3, 0.4) is 0 Å². The normalized spacial score (nSPS) is 10.8. The molecule has 0 aliphatic rings. The summed E-state index contributed by atoms with van der Waals surface area (Å²) in [7, 11) is 1.83. The highest BCUT2D eigenvalue weighted by molar-refractivity contribution is 5.66. The minimum absolute atomic E-state index is 0.0216. The van der Waals surface area contributed by atoms with Crippen LogP contribution in [0, 0.1) is 0 Å². The van der Waals surface area contributed by atoms with Crippen molar-refractivity contribution in [3.63, 3.8) is 0 Å². The Morgan fingerprint density at radius 1 is 1.29 bits per heavy atom. The third kappa shape index (κ3) is 3.10. The number of aryl methyl sites for hydroxylation is 2. The summed E-state index contributed by atoms with van der Waals surface area (Å²) in [6, 6.07) is 0. The van der Waals surface area contributed by atoms with E-state index in [2.05, 4.69) is 12.0 Å². The summed E-state index contributed by atoms with van der Waals surface area (Å²) < 4.78 is 1.71. The molecular weight excluding hydrogens is 220 g/mol. The number of nitrogens with two attached hydrogens (primary N) is 1. The van der Waals surface area contributed by atoms with Crippen LogP contribution in [-0.2, 0) is 13.5 Å². The van der Waals surface area contributed by atoms with Crippen LogP contribution in [0.1, 0.15) is 19.0 Å². The van der Waals surface area contributed by atoms with Gasteiger partial charge in [-0.25, -0.2) is 0 Å². The van der Waals surface area contributed by atoms with E-state index in [0.29, 0.717) is 18.8 Å². The molecule has 0 unspecified atom stereocenters. The summed E-state index contributed by atoms with van der Waals surface area (Å²) in [5, 5.41) is 22.4. The van der Waals surface area contributed by atoms with Crippen molar-refractivity contribution >= 4 is 11.5 Å². The second kappa shape index (κ2) is 6.46. The zero-order valence-electron chi connectivity index (χ0n) is 10.6. The molecule has 1 rings (SSSR count). The summed E-state index contributed by atoms with van der Waals surface area (Å²) in [4.78, 5) is 1.85. The van der Waals surface area contributed by atoms with E-state index in [1.807, 2.05) is 11.9 Å². The summed E-state index contributed by atoms with van der Waals surface area (Å²) >= 11 is 0. The summed E-state index contributed by atoms with van der Waals surface area (Å²) in [6.45, 7) is 3.00. The molecule has 0 amide bonds. The van der Waals surface area contributed by atoms with E-state index in [4.69, 9.17) is 15.9 Å². The molecule has 0 atom stereocenters. The third-order valence-corrected chi connectivity index (χ3v) is 2.66. The smallest absolute Gasteiger partial charge is 0.150 e. The van der Waals surface area contributed by atoms with Crippen LogP contribution in [0.2, 0.25) is 0 Å². The fourth-order valence-electron chi connectivity index (χ4n) is 1.95. The Bertz CT molecular complexity index is 345. The molecule has 0 saturated heterocycles. The van der Waals surface area contributed by atoms with Crippen molar-refractivity contribution < 1.29 is 10.2 Å². The van der Waals surface area contributed by atoms with Crippen molar-refractivity contribution in [3.05, 3.63) is 5.69 Å². The van der Waals surface area contributed by atoms with E-state index in [-0.39, 0.29) is 13.2 Å². The second-order valence-corrected chi connectivity index (χ2v) is 3.99. The zero-order valence-corrected chi connectivity index (χ0v) is 10.6. The number of nitrogen functional groups attached to an aromatic ring is 1. The predicted molar refractivity (Wildman–Crippen MR) is 68.0 cm³/mol. The van der Waals surface area contributed by atoms with Crippen LogP contribution < -0.4 is 10.6 Å². The summed E-state index contributed by atoms with van der Waals surface area (Å²) in [6.07, 6.45) is 1.83. The van der Waals surface area contributed by atoms with Crippen molar-refractivity contribution in [2.75, 3.05) is 36.9 Å². The fraction of sp³-hybridized carbons (Fsp3) is 0.727. The molecule has 6 heteroatoms. The molecule has 0 saturated carbocycles. The van der Waals surface area contributed by atoms with Crippen LogP contribution in [0.25, 0.3) is 0 Å². The van der Waals surface area contributed by atoms with Gasteiger partial charge in [0.25, 0.3) is 0 Å². The topological polar surface area (TPSA) is 87.5 Å². The van der Waals surface area contributed by atoms with Crippen molar-refractivity contribution in [1.29, 1.82) is 0 Å². The summed E-state index contributed by atoms with van der Waals surface area (Å²) in [5.74, 6) is 0.775. The molecular formula is C11H22N4O2. The van der Waals surface area contributed by atoms with Gasteiger partial charge in [0.05, 0.1) is 24.6 Å². The van der Waals surface area contributed by atoms with Gasteiger partial charge >= 0.3 is 0 Å². The average molecular weight is 242 g/mol. The number of nitrogens with zero attached hydrogens (tertiary/aromatic N) is 3. The van der Waals surface area contributed by atoms with Gasteiger partial charge in [0.15, 0.2) is 5.82 Å². The number of aromatic nitrogens is 2. The Morgan fingerprint density at radius 3 is 2.35 bits per heavy atom. The van der Waals surface area contributed by atoms with Gasteiger partial charge in [0.2, 0.25) is 0 Å². The minimum atomic E-state index is 0.0216. The molecule has 1 heterocycles. The van der Waals surface area contributed by atoms with Crippen molar-refractivity contribution in [2.45, 2.75) is 19.8 Å². The minimum Gasteiger partial charge on any atom is -0.395 e. The quantitative estimate of drug-likeness (QED) is 0.613. The van der Waals surface area contributed by atoms with Gasteiger partial charge in [0.1, 0.15) is 0 Å². The van der Waals surface area contributed by atoms with Gasteiger partial charge < -0.3 is 20.8 Å². The number of aliphatic hydroxyl groups excluding tert-OH is 2. The summed E-state index contributed by atoms with van der Waals surface area (Å²) in [5.41, 5.74) is 7.59. The maximum absolute atomic E-state index is 9.02. The molecule has 0 bridgehead atoms. The van der Waals surface area contributed by atoms with E-state index < -0.39 is 0 Å². The monoisotopic (exact) mass is 242 g/mol. The van der Waals surface area contributed by atoms with E-state index >= 15 is 0 Å². The molecule has 0 aromatic carbocycles. The molecule has 1 aromatic heterocycles. The van der Waals surface area contributed by atoms with Crippen LogP contribution in [0.5, 0.6) is 0 Å². The Kier molecular flexibility index (Phi) is 5.24. The lowest BCUT2D eigenvalue weighted by Crippen LogP contribution is -2.31. The first-order valence-electron chi connectivity index (χ1n) is 5.93. The molecule has 4 N–H and O–H groups in total. The molecule has 6 nitrogen and oxygen atoms in total. The van der Waals surface area contributed by atoms with Gasteiger partial charge in [-0.1, -0.05) is 13.3 Å².